The number of carbonyl (C=O) groups excluding carboxylic acids is 1. The first-order chi connectivity index (χ1) is 15.2. The van der Waals surface area contributed by atoms with Gasteiger partial charge >= 0.3 is 0 Å². The van der Waals surface area contributed by atoms with E-state index in [0.29, 0.717) is 31.1 Å². The molecule has 2 aromatic rings. The van der Waals surface area contributed by atoms with Gasteiger partial charge in [-0.2, -0.15) is 0 Å². The van der Waals surface area contributed by atoms with Gasteiger partial charge in [0.1, 0.15) is 13.2 Å². The molecule has 0 unspecified atom stereocenters. The average Bonchev–Trinajstić information content (AvgIpc) is 2.80. The monoisotopic (exact) mass is 421 g/mol. The normalized spacial score (nSPS) is 11.1. The highest BCUT2D eigenvalue weighted by molar-refractivity contribution is 5.80. The molecular weight excluding hydrogens is 394 g/mol. The number of amides is 1. The largest absolute Gasteiger partial charge is 0.493 e. The molecule has 0 saturated heterocycles. The van der Waals surface area contributed by atoms with Crippen LogP contribution in [0.5, 0.6) is 11.5 Å². The zero-order valence-electron chi connectivity index (χ0n) is 17.6. The van der Waals surface area contributed by atoms with Gasteiger partial charge in [0.2, 0.25) is 0 Å². The van der Waals surface area contributed by atoms with Crippen LogP contribution in [0.3, 0.4) is 0 Å². The number of hydrogen-bond donors (Lipinski definition) is 1. The molecule has 1 amide bonds. The van der Waals surface area contributed by atoms with Gasteiger partial charge < -0.3 is 24.3 Å². The summed E-state index contributed by atoms with van der Waals surface area (Å²) < 4.78 is 21.9. The van der Waals surface area contributed by atoms with Crippen LogP contribution in [0.15, 0.2) is 48.5 Å². The van der Waals surface area contributed by atoms with E-state index in [0.717, 1.165) is 11.1 Å². The Kier molecular flexibility index (Phi) is 10.5. The fourth-order valence-corrected chi connectivity index (χ4v) is 2.76. The number of carbonyl (C=O) groups is 1. The Morgan fingerprint density at radius 3 is 2.52 bits per heavy atom. The minimum absolute atomic E-state index is 0.0309. The molecule has 1 N–H and O–H groups in total. The Hall–Kier alpha value is -3.45. The van der Waals surface area contributed by atoms with Crippen molar-refractivity contribution < 1.29 is 23.7 Å². The van der Waals surface area contributed by atoms with E-state index in [-0.39, 0.29) is 25.7 Å². The predicted molar refractivity (Wildman–Crippen MR) is 119 cm³/mol. The molecule has 2 rings (SSSR count). The molecule has 31 heavy (non-hydrogen) atoms. The van der Waals surface area contributed by atoms with Crippen molar-refractivity contribution >= 4 is 5.91 Å². The molecule has 6 heteroatoms. The molecule has 1 atom stereocenters. The highest BCUT2D eigenvalue weighted by atomic mass is 16.5. The summed E-state index contributed by atoms with van der Waals surface area (Å²) in [6.45, 7) is 1.11. The van der Waals surface area contributed by atoms with E-state index in [1.807, 2.05) is 42.5 Å². The summed E-state index contributed by atoms with van der Waals surface area (Å²) in [4.78, 5) is 12.5. The van der Waals surface area contributed by atoms with E-state index >= 15 is 0 Å². The first kappa shape index (κ1) is 23.8. The van der Waals surface area contributed by atoms with Crippen LogP contribution in [-0.4, -0.2) is 45.5 Å². The Morgan fingerprint density at radius 1 is 1.03 bits per heavy atom. The number of ether oxygens (including phenoxy) is 4. The van der Waals surface area contributed by atoms with E-state index < -0.39 is 6.10 Å². The van der Waals surface area contributed by atoms with Crippen molar-refractivity contribution in [3.05, 3.63) is 59.7 Å². The summed E-state index contributed by atoms with van der Waals surface area (Å²) in [5.74, 6) is 5.69. The van der Waals surface area contributed by atoms with Crippen molar-refractivity contribution in [1.29, 1.82) is 0 Å². The van der Waals surface area contributed by atoms with Crippen LogP contribution in [0.1, 0.15) is 11.1 Å². The van der Waals surface area contributed by atoms with Crippen LogP contribution in [0.25, 0.3) is 0 Å². The average molecular weight is 421 g/mol. The van der Waals surface area contributed by atoms with Crippen molar-refractivity contribution in [3.8, 4) is 36.2 Å². The van der Waals surface area contributed by atoms with Crippen molar-refractivity contribution in [2.24, 2.45) is 0 Å². The number of benzene rings is 2. The zero-order valence-corrected chi connectivity index (χ0v) is 17.6. The number of terminal acetylenes is 2. The smallest absolute Gasteiger partial charge is 0.251 e. The minimum atomic E-state index is -0.783. The second-order valence-corrected chi connectivity index (χ2v) is 6.52. The number of hydrogen-bond acceptors (Lipinski definition) is 5. The van der Waals surface area contributed by atoms with Gasteiger partial charge in [0, 0.05) is 6.54 Å². The molecule has 0 fully saturated rings. The van der Waals surface area contributed by atoms with Gasteiger partial charge in [-0.3, -0.25) is 4.79 Å². The summed E-state index contributed by atoms with van der Waals surface area (Å²) in [6.07, 6.45) is 10.3. The summed E-state index contributed by atoms with van der Waals surface area (Å²) in [7, 11) is 1.56. The second kappa shape index (κ2) is 13.7. The first-order valence-electron chi connectivity index (χ1n) is 9.85. The van der Waals surface area contributed by atoms with Gasteiger partial charge in [0.05, 0.1) is 20.3 Å². The lowest BCUT2D eigenvalue weighted by molar-refractivity contribution is -0.136. The summed E-state index contributed by atoms with van der Waals surface area (Å²) in [5.41, 5.74) is 1.99. The standard InChI is InChI=1S/C25H27NO5/c1-4-15-30-22-12-11-20(17-23(22)28-3)13-14-26-25(27)24(31-16-5-2)19-29-18-21-9-7-6-8-10-21/h1-2,6-12,17,24H,13-16,18-19H2,3H3,(H,26,27)/t24-/m0/s1. The Morgan fingerprint density at radius 2 is 1.81 bits per heavy atom. The maximum Gasteiger partial charge on any atom is 0.251 e. The molecule has 0 aromatic heterocycles. The van der Waals surface area contributed by atoms with Crippen LogP contribution in [-0.2, 0) is 27.3 Å². The second-order valence-electron chi connectivity index (χ2n) is 6.52. The third-order valence-electron chi connectivity index (χ3n) is 4.29. The molecule has 0 radical (unpaired) electrons. The molecule has 0 heterocycles. The highest BCUT2D eigenvalue weighted by Gasteiger charge is 2.19. The van der Waals surface area contributed by atoms with Gasteiger partial charge in [0.25, 0.3) is 5.91 Å². The molecule has 0 spiro atoms. The lowest BCUT2D eigenvalue weighted by Crippen LogP contribution is -2.40. The SMILES string of the molecule is C#CCOc1ccc(CCNC(=O)[C@H](COCc2ccccc2)OCC#C)cc1OC. The molecule has 2 aromatic carbocycles. The molecule has 0 aliphatic rings. The van der Waals surface area contributed by atoms with Crippen molar-refractivity contribution in [3.63, 3.8) is 0 Å². The Bertz CT molecular complexity index is 898. The van der Waals surface area contributed by atoms with E-state index in [4.69, 9.17) is 31.8 Å². The molecule has 0 saturated carbocycles. The van der Waals surface area contributed by atoms with E-state index in [2.05, 4.69) is 17.2 Å². The fourth-order valence-electron chi connectivity index (χ4n) is 2.76. The van der Waals surface area contributed by atoms with Gasteiger partial charge in [-0.1, -0.05) is 48.2 Å². The van der Waals surface area contributed by atoms with Crippen LogP contribution < -0.4 is 14.8 Å². The fraction of sp³-hybridized carbons (Fsp3) is 0.320. The van der Waals surface area contributed by atoms with Crippen LogP contribution in [0, 0.1) is 24.7 Å². The zero-order chi connectivity index (χ0) is 22.3. The van der Waals surface area contributed by atoms with Gasteiger partial charge in [0.15, 0.2) is 17.6 Å². The lowest BCUT2D eigenvalue weighted by atomic mass is 10.1. The van der Waals surface area contributed by atoms with Crippen LogP contribution in [0.4, 0.5) is 0 Å². The topological polar surface area (TPSA) is 66.0 Å². The summed E-state index contributed by atoms with van der Waals surface area (Å²) >= 11 is 0. The van der Waals surface area contributed by atoms with Gasteiger partial charge in [-0.05, 0) is 29.7 Å². The van der Waals surface area contributed by atoms with Crippen molar-refractivity contribution in [2.45, 2.75) is 19.1 Å². The number of methoxy groups -OCH3 is 1. The third-order valence-corrected chi connectivity index (χ3v) is 4.29. The van der Waals surface area contributed by atoms with Crippen molar-refractivity contribution in [1.82, 2.24) is 5.32 Å². The molecule has 6 nitrogen and oxygen atoms in total. The van der Waals surface area contributed by atoms with Crippen LogP contribution >= 0.6 is 0 Å². The first-order valence-corrected chi connectivity index (χ1v) is 9.85. The third kappa shape index (κ3) is 8.44. The molecule has 0 aliphatic carbocycles. The van der Waals surface area contributed by atoms with Crippen LogP contribution in [0.2, 0.25) is 0 Å². The summed E-state index contributed by atoms with van der Waals surface area (Å²) in [6, 6.07) is 15.3. The van der Waals surface area contributed by atoms with Gasteiger partial charge in [-0.15, -0.1) is 12.8 Å². The number of nitrogens with one attached hydrogen (secondary N) is 1. The maximum absolute atomic E-state index is 12.5. The molecule has 162 valence electrons. The minimum Gasteiger partial charge on any atom is -0.493 e. The van der Waals surface area contributed by atoms with Gasteiger partial charge in [-0.25, -0.2) is 0 Å². The quantitative estimate of drug-likeness (QED) is 0.504. The van der Waals surface area contributed by atoms with E-state index in [9.17, 15) is 4.79 Å². The Labute approximate surface area is 183 Å². The Balaban J connectivity index is 1.84. The highest BCUT2D eigenvalue weighted by Crippen LogP contribution is 2.28. The molecule has 0 aliphatic heterocycles. The van der Waals surface area contributed by atoms with Crippen molar-refractivity contribution in [2.75, 3.05) is 33.5 Å². The lowest BCUT2D eigenvalue weighted by Gasteiger charge is -2.17. The van der Waals surface area contributed by atoms with E-state index in [1.54, 1.807) is 13.2 Å². The number of rotatable bonds is 13. The molecular formula is C25H27NO5. The predicted octanol–water partition coefficient (Wildman–Crippen LogP) is 2.60. The maximum atomic E-state index is 12.5. The van der Waals surface area contributed by atoms with E-state index in [1.165, 1.54) is 0 Å². The summed E-state index contributed by atoms with van der Waals surface area (Å²) in [5, 5.41) is 2.86. The molecule has 0 bridgehead atoms.